The first-order valence-electron chi connectivity index (χ1n) is 22.9. The highest BCUT2D eigenvalue weighted by Crippen LogP contribution is 2.51. The molecule has 2 aliphatic carbocycles. The van der Waals surface area contributed by atoms with Crippen molar-refractivity contribution in [3.63, 3.8) is 0 Å². The van der Waals surface area contributed by atoms with Crippen LogP contribution >= 0.6 is 46.2 Å². The molecule has 70 heavy (non-hydrogen) atoms. The second-order valence-electron chi connectivity index (χ2n) is 19.1. The number of carbonyl (C=O) groups is 4. The minimum atomic E-state index is -0.672. The highest BCUT2D eigenvalue weighted by molar-refractivity contribution is 7.98. The molecule has 0 radical (unpaired) electrons. The van der Waals surface area contributed by atoms with Gasteiger partial charge >= 0.3 is 11.9 Å². The molecule has 4 N–H and O–H groups in total. The van der Waals surface area contributed by atoms with Crippen LogP contribution in [0.25, 0.3) is 9.40 Å². The number of esters is 2. The molecule has 0 bridgehead atoms. The molecular formula is C50H48N8O8S4. The van der Waals surface area contributed by atoms with E-state index in [1.807, 2.05) is 39.8 Å². The first-order chi connectivity index (χ1) is 33.5. The summed E-state index contributed by atoms with van der Waals surface area (Å²) >= 11 is 4.84. The van der Waals surface area contributed by atoms with Crippen LogP contribution in [0.2, 0.25) is 0 Å². The summed E-state index contributed by atoms with van der Waals surface area (Å²) < 4.78 is 11.8. The number of nitrogens with zero attached hydrogens (tertiary/aromatic N) is 4. The zero-order valence-corrected chi connectivity index (χ0v) is 42.4. The Morgan fingerprint density at radius 3 is 1.49 bits per heavy atom. The van der Waals surface area contributed by atoms with Crippen LogP contribution < -0.4 is 21.8 Å². The summed E-state index contributed by atoms with van der Waals surface area (Å²) in [7, 11) is 0. The minimum absolute atomic E-state index is 0.0339. The fourth-order valence-electron chi connectivity index (χ4n) is 10.0. The third kappa shape index (κ3) is 8.72. The van der Waals surface area contributed by atoms with Crippen LogP contribution in [0.4, 0.5) is 11.6 Å². The summed E-state index contributed by atoms with van der Waals surface area (Å²) in [6.07, 6.45) is 8.46. The van der Waals surface area contributed by atoms with Crippen LogP contribution in [0, 0.1) is 10.8 Å². The van der Waals surface area contributed by atoms with Gasteiger partial charge in [0.15, 0.2) is 21.9 Å². The van der Waals surface area contributed by atoms with E-state index in [4.69, 9.17) is 19.4 Å². The third-order valence-electron chi connectivity index (χ3n) is 12.8. The third-order valence-corrected chi connectivity index (χ3v) is 17.1. The first kappa shape index (κ1) is 47.5. The van der Waals surface area contributed by atoms with Gasteiger partial charge in [0.2, 0.25) is 0 Å². The molecule has 0 saturated carbocycles. The molecule has 20 heteroatoms. The number of fused-ring (bicyclic) bond motifs is 3. The molecule has 0 spiro atoms. The second kappa shape index (κ2) is 18.5. The molecular weight excluding hydrogens is 969 g/mol. The summed E-state index contributed by atoms with van der Waals surface area (Å²) in [5.41, 5.74) is 4.26. The lowest BCUT2D eigenvalue weighted by Crippen LogP contribution is -2.37. The maximum absolute atomic E-state index is 14.3. The van der Waals surface area contributed by atoms with Gasteiger partial charge in [-0.15, -0.1) is 22.7 Å². The van der Waals surface area contributed by atoms with E-state index in [9.17, 15) is 28.8 Å². The molecule has 16 nitrogen and oxygen atoms in total. The molecule has 2 atom stereocenters. The number of rotatable bonds is 12. The molecule has 360 valence electrons. The maximum atomic E-state index is 14.3. The van der Waals surface area contributed by atoms with Crippen molar-refractivity contribution in [3.05, 3.63) is 135 Å². The molecule has 8 heterocycles. The van der Waals surface area contributed by atoms with Crippen LogP contribution in [0.3, 0.4) is 0 Å². The highest BCUT2D eigenvalue weighted by Gasteiger charge is 2.44. The van der Waals surface area contributed by atoms with E-state index in [2.05, 4.69) is 30.6 Å². The number of anilines is 2. The molecule has 0 saturated heterocycles. The van der Waals surface area contributed by atoms with Gasteiger partial charge in [-0.1, -0.05) is 63.4 Å². The Labute approximate surface area is 418 Å². The van der Waals surface area contributed by atoms with E-state index < -0.39 is 34.9 Å². The van der Waals surface area contributed by atoms with Crippen molar-refractivity contribution in [1.82, 2.24) is 29.9 Å². The van der Waals surface area contributed by atoms with E-state index in [1.165, 1.54) is 46.2 Å². The molecule has 0 amide bonds. The van der Waals surface area contributed by atoms with Crippen molar-refractivity contribution in [1.29, 1.82) is 0 Å². The lowest BCUT2D eigenvalue weighted by Gasteiger charge is -2.38. The zero-order chi connectivity index (χ0) is 49.2. The van der Waals surface area contributed by atoms with E-state index in [0.717, 1.165) is 11.4 Å². The summed E-state index contributed by atoms with van der Waals surface area (Å²) in [6.45, 7) is 11.9. The quantitative estimate of drug-likeness (QED) is 0.0509. The predicted molar refractivity (Wildman–Crippen MR) is 270 cm³/mol. The standard InChI is InChI=1S/C50H48N8O8S4/c1-7-65-44(63)38-25(21-67-47-55-40-36(42(61)57-47)31(23-11-9-13-51-19-23)34-27(53-40)15-49(3,4)17-29(34)59)33-26(39(45(64)66-8-2)70-46(33)69-38)22-68-48-56-41-37(43(62)58-48)32(24-12-10-14-52-20-24)35-28(54-41)16-50(5,6)18-30(35)60/h9-14,19-20,31-32H,7-8,15-18,21-22H2,1-6H3,(H2,53,55,57,61)(H2,54,56,58,62). The molecule has 0 aromatic carbocycles. The maximum Gasteiger partial charge on any atom is 0.348 e. The normalized spacial score (nSPS) is 18.9. The number of ether oxygens (including phenoxy) is 2. The van der Waals surface area contributed by atoms with Gasteiger partial charge in [0, 0.05) is 88.9 Å². The Balaban J connectivity index is 1.02. The number of pyridine rings is 2. The number of hydrogen-bond donors (Lipinski definition) is 4. The van der Waals surface area contributed by atoms with E-state index in [1.54, 1.807) is 50.8 Å². The Hall–Kier alpha value is -6.22. The van der Waals surface area contributed by atoms with E-state index >= 15 is 0 Å². The number of thioether (sulfide) groups is 2. The smallest absolute Gasteiger partial charge is 0.348 e. The predicted octanol–water partition coefficient (Wildman–Crippen LogP) is 9.26. The van der Waals surface area contributed by atoms with Gasteiger partial charge in [0.05, 0.1) is 28.4 Å². The van der Waals surface area contributed by atoms with Gasteiger partial charge in [0.1, 0.15) is 21.4 Å². The van der Waals surface area contributed by atoms with Gasteiger partial charge in [-0.25, -0.2) is 19.6 Å². The fraction of sp³-hybridized carbons (Fsp3) is 0.360. The van der Waals surface area contributed by atoms with Crippen LogP contribution in [0.5, 0.6) is 0 Å². The van der Waals surface area contributed by atoms with Gasteiger partial charge in [0.25, 0.3) is 11.1 Å². The van der Waals surface area contributed by atoms with Crippen LogP contribution in [0.1, 0.15) is 132 Å². The van der Waals surface area contributed by atoms with Crippen molar-refractivity contribution >= 4 is 90.7 Å². The number of allylic oxidation sites excluding steroid dienone is 4. The van der Waals surface area contributed by atoms with Gasteiger partial charge in [-0.05, 0) is 71.9 Å². The molecule has 10 rings (SSSR count). The van der Waals surface area contributed by atoms with E-state index in [-0.39, 0.29) is 57.4 Å². The van der Waals surface area contributed by atoms with Crippen LogP contribution in [0.15, 0.2) is 91.5 Å². The number of Topliss-reactive ketones (excluding diaryl/α,β-unsaturated/α-hetero) is 2. The van der Waals surface area contributed by atoms with Gasteiger partial charge in [-0.3, -0.25) is 29.1 Å². The van der Waals surface area contributed by atoms with Crippen molar-refractivity contribution in [2.45, 2.75) is 101 Å². The average molecular weight is 1020 g/mol. The molecule has 0 fully saturated rings. The molecule has 6 aromatic heterocycles. The lowest BCUT2D eigenvalue weighted by molar-refractivity contribution is -0.119. The number of hydrogen-bond acceptors (Lipinski definition) is 18. The van der Waals surface area contributed by atoms with Crippen molar-refractivity contribution in [2.75, 3.05) is 23.8 Å². The van der Waals surface area contributed by atoms with Crippen molar-refractivity contribution in [3.8, 4) is 0 Å². The SMILES string of the molecule is CCOC(=O)c1sc2sc(C(=O)OCC)c(CSc3nc4c(c(=O)[nH]3)C(c3cccnc3)C3=C(CC(C)(C)CC3=O)N4)c2c1CSc1nc2c(c(=O)[nH]1)C(c1cccnc1)C1=C(CC(C)(C)CC1=O)N2. The summed E-state index contributed by atoms with van der Waals surface area (Å²) in [6, 6.07) is 7.27. The number of thiophene rings is 2. The second-order valence-corrected chi connectivity index (χ2v) is 23.3. The van der Waals surface area contributed by atoms with Crippen molar-refractivity contribution in [2.24, 2.45) is 10.8 Å². The number of ketones is 2. The average Bonchev–Trinajstić information content (AvgIpc) is 3.85. The summed E-state index contributed by atoms with van der Waals surface area (Å²) in [5.74, 6) is -1.54. The monoisotopic (exact) mass is 1020 g/mol. The summed E-state index contributed by atoms with van der Waals surface area (Å²) in [4.78, 5) is 109. The number of H-pyrrole nitrogens is 2. The number of carbonyl (C=O) groups excluding carboxylic acids is 4. The molecule has 2 unspecified atom stereocenters. The zero-order valence-electron chi connectivity index (χ0n) is 39.1. The minimum Gasteiger partial charge on any atom is -0.462 e. The summed E-state index contributed by atoms with van der Waals surface area (Å²) in [5, 5.41) is 7.94. The van der Waals surface area contributed by atoms with Gasteiger partial charge in [-0.2, -0.15) is 0 Å². The number of nitrogens with one attached hydrogen (secondary N) is 4. The van der Waals surface area contributed by atoms with Crippen LogP contribution in [-0.2, 0) is 30.6 Å². The number of aromatic amines is 2. The molecule has 4 aliphatic rings. The number of aromatic nitrogens is 6. The molecule has 2 aliphatic heterocycles. The highest BCUT2D eigenvalue weighted by atomic mass is 32.2. The topological polar surface area (TPSA) is 228 Å². The Bertz CT molecular complexity index is 3140. The fourth-order valence-corrected chi connectivity index (χ4v) is 14.6. The van der Waals surface area contributed by atoms with E-state index in [0.29, 0.717) is 101 Å². The van der Waals surface area contributed by atoms with Crippen molar-refractivity contribution < 1.29 is 28.7 Å². The Kier molecular flexibility index (Phi) is 12.5. The van der Waals surface area contributed by atoms with Gasteiger partial charge < -0.3 is 30.1 Å². The molecule has 6 aromatic rings. The van der Waals surface area contributed by atoms with Crippen LogP contribution in [-0.4, -0.2) is 66.6 Å². The first-order valence-corrected chi connectivity index (χ1v) is 26.5. The largest absolute Gasteiger partial charge is 0.462 e. The Morgan fingerprint density at radius 1 is 0.671 bits per heavy atom. The lowest BCUT2D eigenvalue weighted by atomic mass is 9.69. The Morgan fingerprint density at radius 2 is 1.10 bits per heavy atom.